The van der Waals surface area contributed by atoms with Crippen LogP contribution >= 0.6 is 0 Å². The summed E-state index contributed by atoms with van der Waals surface area (Å²) in [7, 11) is -3.86. The Hall–Kier alpha value is -2.99. The Kier molecular flexibility index (Phi) is 5.68. The van der Waals surface area contributed by atoms with Gasteiger partial charge in [0.2, 0.25) is 10.0 Å². The van der Waals surface area contributed by atoms with E-state index in [1.807, 2.05) is 66.7 Å². The number of fused-ring (bicyclic) bond motifs is 1. The summed E-state index contributed by atoms with van der Waals surface area (Å²) in [6.07, 6.45) is 0. The van der Waals surface area contributed by atoms with Crippen molar-refractivity contribution in [3.8, 4) is 11.1 Å². The van der Waals surface area contributed by atoms with Gasteiger partial charge in [-0.2, -0.15) is 0 Å². The number of benzene rings is 4. The predicted molar refractivity (Wildman–Crippen MR) is 122 cm³/mol. The van der Waals surface area contributed by atoms with E-state index in [1.54, 1.807) is 12.1 Å². The Balaban J connectivity index is 1.71. The van der Waals surface area contributed by atoms with Crippen molar-refractivity contribution in [1.29, 1.82) is 0 Å². The van der Waals surface area contributed by atoms with Crippen molar-refractivity contribution in [3.63, 3.8) is 0 Å². The molecule has 0 aromatic heterocycles. The molecule has 0 saturated heterocycles. The number of rotatable bonds is 6. The average Bonchev–Trinajstić information content (AvgIpc) is 2.77. The summed E-state index contributed by atoms with van der Waals surface area (Å²) >= 11 is 0. The number of hydrogen-bond donors (Lipinski definition) is 2. The van der Waals surface area contributed by atoms with Crippen LogP contribution in [0.2, 0.25) is 0 Å². The maximum Gasteiger partial charge on any atom is 0.238 e. The van der Waals surface area contributed by atoms with Crippen molar-refractivity contribution in [2.45, 2.75) is 24.4 Å². The van der Waals surface area contributed by atoms with Gasteiger partial charge in [0.15, 0.2) is 0 Å². The van der Waals surface area contributed by atoms with Crippen LogP contribution in [-0.2, 0) is 16.6 Å². The Morgan fingerprint density at radius 3 is 2.37 bits per heavy atom. The largest absolute Gasteiger partial charge is 0.306 e. The van der Waals surface area contributed by atoms with Crippen molar-refractivity contribution in [1.82, 2.24) is 5.32 Å². The molecule has 0 fully saturated rings. The van der Waals surface area contributed by atoms with Gasteiger partial charge >= 0.3 is 0 Å². The highest BCUT2D eigenvalue weighted by Crippen LogP contribution is 2.34. The summed E-state index contributed by atoms with van der Waals surface area (Å²) in [5.41, 5.74) is 3.78. The second-order valence-corrected chi connectivity index (χ2v) is 8.95. The number of nitrogens with one attached hydrogen (secondary N) is 1. The molecule has 5 heteroatoms. The molecular weight excluding hydrogens is 392 g/mol. The molecule has 1 atom stereocenters. The summed E-state index contributed by atoms with van der Waals surface area (Å²) in [4.78, 5) is 0.143. The molecule has 4 rings (SSSR count). The van der Waals surface area contributed by atoms with Gasteiger partial charge < -0.3 is 5.32 Å². The molecular formula is C25H24N2O2S. The molecule has 3 N–H and O–H groups in total. The van der Waals surface area contributed by atoms with Gasteiger partial charge in [-0.25, -0.2) is 13.6 Å². The van der Waals surface area contributed by atoms with E-state index in [1.165, 1.54) is 5.56 Å². The van der Waals surface area contributed by atoms with Gasteiger partial charge in [0.05, 0.1) is 4.90 Å². The lowest BCUT2D eigenvalue weighted by Gasteiger charge is -2.16. The van der Waals surface area contributed by atoms with E-state index >= 15 is 0 Å². The van der Waals surface area contributed by atoms with Crippen molar-refractivity contribution in [2.24, 2.45) is 5.14 Å². The molecule has 0 amide bonds. The highest BCUT2D eigenvalue weighted by Gasteiger charge is 2.18. The number of primary sulfonamides is 1. The topological polar surface area (TPSA) is 72.2 Å². The third kappa shape index (κ3) is 4.28. The molecule has 0 radical (unpaired) electrons. The van der Waals surface area contributed by atoms with Crippen LogP contribution in [-0.4, -0.2) is 8.42 Å². The summed E-state index contributed by atoms with van der Waals surface area (Å²) in [6, 6.07) is 29.6. The molecule has 1 unspecified atom stereocenters. The third-order valence-electron chi connectivity index (χ3n) is 5.32. The third-order valence-corrected chi connectivity index (χ3v) is 6.28. The van der Waals surface area contributed by atoms with Gasteiger partial charge in [0, 0.05) is 18.2 Å². The van der Waals surface area contributed by atoms with E-state index in [0.29, 0.717) is 12.1 Å². The summed E-state index contributed by atoms with van der Waals surface area (Å²) in [6.45, 7) is 2.79. The van der Waals surface area contributed by atoms with Gasteiger partial charge in [-0.05, 0) is 46.5 Å². The smallest absolute Gasteiger partial charge is 0.238 e. The van der Waals surface area contributed by atoms with Crippen LogP contribution in [0.25, 0.3) is 21.9 Å². The lowest BCUT2D eigenvalue weighted by atomic mass is 9.96. The SMILES string of the molecule is CC(NCc1cccc(-c2c(S(N)(=O)=O)ccc3ccccc23)c1)c1ccccc1. The van der Waals surface area contributed by atoms with Crippen LogP contribution in [0.15, 0.2) is 95.9 Å². The normalized spacial score (nSPS) is 12.7. The minimum Gasteiger partial charge on any atom is -0.306 e. The summed E-state index contributed by atoms with van der Waals surface area (Å²) in [5, 5.41) is 10.9. The van der Waals surface area contributed by atoms with Gasteiger partial charge in [-0.1, -0.05) is 78.9 Å². The van der Waals surface area contributed by atoms with E-state index in [2.05, 4.69) is 24.4 Å². The highest BCUT2D eigenvalue weighted by atomic mass is 32.2. The van der Waals surface area contributed by atoms with E-state index in [9.17, 15) is 8.42 Å². The molecule has 0 heterocycles. The lowest BCUT2D eigenvalue weighted by molar-refractivity contribution is 0.575. The van der Waals surface area contributed by atoms with Gasteiger partial charge in [-0.3, -0.25) is 0 Å². The molecule has 30 heavy (non-hydrogen) atoms. The van der Waals surface area contributed by atoms with Crippen LogP contribution in [0.4, 0.5) is 0 Å². The van der Waals surface area contributed by atoms with E-state index in [0.717, 1.165) is 21.9 Å². The molecule has 0 bridgehead atoms. The lowest BCUT2D eigenvalue weighted by Crippen LogP contribution is -2.18. The standard InChI is InChI=1S/C25H24N2O2S/c1-18(20-9-3-2-4-10-20)27-17-19-8-7-12-22(16-19)25-23-13-6-5-11-21(23)14-15-24(25)30(26,28)29/h2-16,18,27H,17H2,1H3,(H2,26,28,29). The van der Waals surface area contributed by atoms with Crippen LogP contribution in [0.1, 0.15) is 24.1 Å². The molecule has 4 aromatic carbocycles. The maximum absolute atomic E-state index is 12.3. The number of hydrogen-bond acceptors (Lipinski definition) is 3. The fraction of sp³-hybridized carbons (Fsp3) is 0.120. The van der Waals surface area contributed by atoms with Crippen LogP contribution < -0.4 is 10.5 Å². The van der Waals surface area contributed by atoms with Crippen LogP contribution in [0, 0.1) is 0 Å². The van der Waals surface area contributed by atoms with E-state index < -0.39 is 10.0 Å². The number of nitrogens with two attached hydrogens (primary N) is 1. The molecule has 0 aliphatic carbocycles. The first-order chi connectivity index (χ1) is 14.4. The fourth-order valence-electron chi connectivity index (χ4n) is 3.75. The molecule has 0 aliphatic rings. The first-order valence-electron chi connectivity index (χ1n) is 9.86. The Bertz CT molecular complexity index is 1290. The summed E-state index contributed by atoms with van der Waals surface area (Å²) < 4.78 is 24.6. The zero-order chi connectivity index (χ0) is 21.1. The molecule has 4 nitrogen and oxygen atoms in total. The zero-order valence-electron chi connectivity index (χ0n) is 16.7. The van der Waals surface area contributed by atoms with Gasteiger partial charge in [0.25, 0.3) is 0 Å². The van der Waals surface area contributed by atoms with E-state index in [4.69, 9.17) is 5.14 Å². The van der Waals surface area contributed by atoms with Crippen LogP contribution in [0.5, 0.6) is 0 Å². The molecule has 4 aromatic rings. The van der Waals surface area contributed by atoms with Crippen molar-refractivity contribution >= 4 is 20.8 Å². The van der Waals surface area contributed by atoms with Crippen molar-refractivity contribution < 1.29 is 8.42 Å². The predicted octanol–water partition coefficient (Wildman–Crippen LogP) is 5.01. The monoisotopic (exact) mass is 416 g/mol. The minimum atomic E-state index is -3.86. The Morgan fingerprint density at radius 1 is 0.867 bits per heavy atom. The number of sulfonamides is 1. The van der Waals surface area contributed by atoms with Crippen LogP contribution in [0.3, 0.4) is 0 Å². The van der Waals surface area contributed by atoms with Crippen molar-refractivity contribution in [2.75, 3.05) is 0 Å². The average molecular weight is 417 g/mol. The van der Waals surface area contributed by atoms with Crippen molar-refractivity contribution in [3.05, 3.63) is 102 Å². The van der Waals surface area contributed by atoms with Gasteiger partial charge in [-0.15, -0.1) is 0 Å². The molecule has 0 spiro atoms. The zero-order valence-corrected chi connectivity index (χ0v) is 17.6. The fourth-order valence-corrected chi connectivity index (χ4v) is 4.52. The Morgan fingerprint density at radius 2 is 1.60 bits per heavy atom. The quantitative estimate of drug-likeness (QED) is 0.464. The molecule has 152 valence electrons. The maximum atomic E-state index is 12.3. The van der Waals surface area contributed by atoms with Gasteiger partial charge in [0.1, 0.15) is 0 Å². The summed E-state index contributed by atoms with van der Waals surface area (Å²) in [5.74, 6) is 0. The van der Waals surface area contributed by atoms with E-state index in [-0.39, 0.29) is 10.9 Å². The minimum absolute atomic E-state index is 0.143. The second kappa shape index (κ2) is 8.40. The molecule has 0 saturated carbocycles. The first kappa shape index (κ1) is 20.3. The first-order valence-corrected chi connectivity index (χ1v) is 11.4. The molecule has 0 aliphatic heterocycles. The highest BCUT2D eigenvalue weighted by molar-refractivity contribution is 7.89. The Labute approximate surface area is 177 Å². The second-order valence-electron chi connectivity index (χ2n) is 7.42.